The van der Waals surface area contributed by atoms with Crippen molar-refractivity contribution in [1.82, 2.24) is 19.7 Å². The summed E-state index contributed by atoms with van der Waals surface area (Å²) in [7, 11) is 0. The molecule has 0 N–H and O–H groups in total. The van der Waals surface area contributed by atoms with Crippen LogP contribution in [0.15, 0.2) is 36.9 Å². The van der Waals surface area contributed by atoms with Crippen LogP contribution in [0.25, 0.3) is 0 Å². The lowest BCUT2D eigenvalue weighted by Crippen LogP contribution is -2.38. The van der Waals surface area contributed by atoms with E-state index in [2.05, 4.69) is 10.1 Å². The van der Waals surface area contributed by atoms with Crippen molar-refractivity contribution in [2.75, 3.05) is 13.2 Å². The van der Waals surface area contributed by atoms with Gasteiger partial charge in [0.1, 0.15) is 18.4 Å². The van der Waals surface area contributed by atoms with Crippen molar-refractivity contribution < 1.29 is 9.53 Å². The van der Waals surface area contributed by atoms with Crippen molar-refractivity contribution in [3.05, 3.63) is 42.5 Å². The van der Waals surface area contributed by atoms with Gasteiger partial charge in [0.05, 0.1) is 24.8 Å². The largest absolute Gasteiger partial charge is 0.492 e. The molecular formula is C18H22N4O2. The second kappa shape index (κ2) is 6.63. The Kier molecular flexibility index (Phi) is 4.19. The summed E-state index contributed by atoms with van der Waals surface area (Å²) < 4.78 is 7.71. The lowest BCUT2D eigenvalue weighted by atomic mass is 10.1. The molecule has 1 aromatic heterocycles. The zero-order chi connectivity index (χ0) is 16.4. The highest BCUT2D eigenvalue weighted by Crippen LogP contribution is 2.31. The van der Waals surface area contributed by atoms with Crippen LogP contribution >= 0.6 is 0 Å². The molecule has 6 heteroatoms. The number of rotatable bonds is 6. The van der Waals surface area contributed by atoms with Gasteiger partial charge in [-0.1, -0.05) is 12.1 Å². The van der Waals surface area contributed by atoms with Gasteiger partial charge in [0.25, 0.3) is 5.91 Å². The Morgan fingerprint density at radius 1 is 1.25 bits per heavy atom. The third-order valence-electron chi connectivity index (χ3n) is 4.79. The number of ether oxygens (including phenoxy) is 1. The molecule has 1 unspecified atom stereocenters. The summed E-state index contributed by atoms with van der Waals surface area (Å²) in [5.41, 5.74) is 0.670. The van der Waals surface area contributed by atoms with Crippen LogP contribution in [0.4, 0.5) is 0 Å². The van der Waals surface area contributed by atoms with Crippen LogP contribution in [0.2, 0.25) is 0 Å². The highest BCUT2D eigenvalue weighted by atomic mass is 16.5. The molecule has 1 aliphatic heterocycles. The van der Waals surface area contributed by atoms with Crippen molar-refractivity contribution >= 4 is 5.91 Å². The first-order valence-electron chi connectivity index (χ1n) is 8.66. The van der Waals surface area contributed by atoms with E-state index >= 15 is 0 Å². The van der Waals surface area contributed by atoms with Gasteiger partial charge in [0, 0.05) is 6.54 Å². The number of likely N-dealkylation sites (tertiary alicyclic amines) is 1. The lowest BCUT2D eigenvalue weighted by Gasteiger charge is -2.25. The average molecular weight is 326 g/mol. The number of benzene rings is 1. The van der Waals surface area contributed by atoms with E-state index in [1.54, 1.807) is 11.0 Å². The minimum atomic E-state index is 0.0593. The van der Waals surface area contributed by atoms with E-state index in [1.807, 2.05) is 29.2 Å². The molecule has 0 radical (unpaired) electrons. The number of hydrogen-bond donors (Lipinski definition) is 0. The lowest BCUT2D eigenvalue weighted by molar-refractivity contribution is 0.0717. The van der Waals surface area contributed by atoms with Crippen LogP contribution in [0.3, 0.4) is 0 Å². The smallest absolute Gasteiger partial charge is 0.257 e. The molecule has 1 amide bonds. The Bertz CT molecular complexity index is 697. The van der Waals surface area contributed by atoms with E-state index in [0.29, 0.717) is 30.4 Å². The molecule has 0 spiro atoms. The van der Waals surface area contributed by atoms with Crippen molar-refractivity contribution in [3.63, 3.8) is 0 Å². The van der Waals surface area contributed by atoms with Crippen LogP contribution in [-0.2, 0) is 6.54 Å². The zero-order valence-electron chi connectivity index (χ0n) is 13.7. The summed E-state index contributed by atoms with van der Waals surface area (Å²) >= 11 is 0. The first-order chi connectivity index (χ1) is 11.8. The summed E-state index contributed by atoms with van der Waals surface area (Å²) in [6, 6.07) is 7.76. The number of nitrogens with zero attached hydrogens (tertiary/aromatic N) is 4. The van der Waals surface area contributed by atoms with Gasteiger partial charge >= 0.3 is 0 Å². The molecular weight excluding hydrogens is 304 g/mol. The molecule has 0 bridgehead atoms. The molecule has 4 rings (SSSR count). The van der Waals surface area contributed by atoms with E-state index in [-0.39, 0.29) is 11.9 Å². The molecule has 1 aromatic carbocycles. The van der Waals surface area contributed by atoms with Gasteiger partial charge in [-0.25, -0.2) is 4.98 Å². The Balaban J connectivity index is 1.49. The van der Waals surface area contributed by atoms with Crippen LogP contribution in [0.5, 0.6) is 5.75 Å². The van der Waals surface area contributed by atoms with Gasteiger partial charge in [-0.15, -0.1) is 0 Å². The predicted octanol–water partition coefficient (Wildman–Crippen LogP) is 2.37. The molecule has 24 heavy (non-hydrogen) atoms. The van der Waals surface area contributed by atoms with Gasteiger partial charge in [-0.3, -0.25) is 9.48 Å². The van der Waals surface area contributed by atoms with Gasteiger partial charge in [0.15, 0.2) is 0 Å². The first-order valence-corrected chi connectivity index (χ1v) is 8.66. The van der Waals surface area contributed by atoms with Crippen molar-refractivity contribution in [2.45, 2.75) is 38.3 Å². The zero-order valence-corrected chi connectivity index (χ0v) is 13.7. The fourth-order valence-corrected chi connectivity index (χ4v) is 3.25. The summed E-state index contributed by atoms with van der Waals surface area (Å²) in [6.45, 7) is 2.19. The van der Waals surface area contributed by atoms with Crippen molar-refractivity contribution in [1.29, 1.82) is 0 Å². The van der Waals surface area contributed by atoms with E-state index in [9.17, 15) is 4.79 Å². The molecule has 1 aliphatic carbocycles. The van der Waals surface area contributed by atoms with Crippen molar-refractivity contribution in [2.24, 2.45) is 5.92 Å². The third kappa shape index (κ3) is 3.27. The molecule has 2 heterocycles. The molecule has 2 aliphatic rings. The maximum absolute atomic E-state index is 13.1. The number of carbonyl (C=O) groups excluding carboxylic acids is 1. The average Bonchev–Trinajstić information content (AvgIpc) is 3.08. The number of aromatic nitrogens is 3. The number of para-hydroxylation sites is 1. The molecule has 1 saturated carbocycles. The summed E-state index contributed by atoms with van der Waals surface area (Å²) in [6.07, 6.45) is 7.73. The molecule has 6 nitrogen and oxygen atoms in total. The fourth-order valence-electron chi connectivity index (χ4n) is 3.25. The van der Waals surface area contributed by atoms with Gasteiger partial charge in [-0.05, 0) is 43.7 Å². The normalized spacial score (nSPS) is 20.3. The standard InChI is InChI=1S/C18H22N4O2/c23-18(16-5-1-2-6-17(16)24-11-14-7-8-14)22-9-3-4-15(22)10-21-13-19-12-20-21/h1-2,5-6,12-15H,3-4,7-11H2. The van der Waals surface area contributed by atoms with Crippen LogP contribution in [0.1, 0.15) is 36.0 Å². The number of hydrogen-bond acceptors (Lipinski definition) is 4. The van der Waals surface area contributed by atoms with E-state index in [0.717, 1.165) is 19.4 Å². The minimum absolute atomic E-state index is 0.0593. The van der Waals surface area contributed by atoms with E-state index < -0.39 is 0 Å². The summed E-state index contributed by atoms with van der Waals surface area (Å²) in [4.78, 5) is 19.0. The second-order valence-corrected chi connectivity index (χ2v) is 6.66. The second-order valence-electron chi connectivity index (χ2n) is 6.66. The van der Waals surface area contributed by atoms with E-state index in [4.69, 9.17) is 4.74 Å². The molecule has 2 aromatic rings. The Hall–Kier alpha value is -2.37. The topological polar surface area (TPSA) is 60.2 Å². The Morgan fingerprint density at radius 3 is 2.92 bits per heavy atom. The van der Waals surface area contributed by atoms with Gasteiger partial charge < -0.3 is 9.64 Å². The monoisotopic (exact) mass is 326 g/mol. The number of carbonyl (C=O) groups is 1. The Labute approximate surface area is 141 Å². The van der Waals surface area contributed by atoms with Crippen LogP contribution in [-0.4, -0.2) is 44.8 Å². The van der Waals surface area contributed by atoms with Crippen LogP contribution < -0.4 is 4.74 Å². The maximum atomic E-state index is 13.1. The molecule has 1 saturated heterocycles. The predicted molar refractivity (Wildman–Crippen MR) is 88.7 cm³/mol. The summed E-state index contributed by atoms with van der Waals surface area (Å²) in [5, 5.41) is 4.16. The van der Waals surface area contributed by atoms with Crippen LogP contribution in [0, 0.1) is 5.92 Å². The quantitative estimate of drug-likeness (QED) is 0.818. The summed E-state index contributed by atoms with van der Waals surface area (Å²) in [5.74, 6) is 1.44. The molecule has 1 atom stereocenters. The highest BCUT2D eigenvalue weighted by molar-refractivity contribution is 5.97. The minimum Gasteiger partial charge on any atom is -0.492 e. The van der Waals surface area contributed by atoms with Gasteiger partial charge in [-0.2, -0.15) is 5.10 Å². The van der Waals surface area contributed by atoms with Gasteiger partial charge in [0.2, 0.25) is 0 Å². The van der Waals surface area contributed by atoms with Crippen molar-refractivity contribution in [3.8, 4) is 5.75 Å². The Morgan fingerprint density at radius 2 is 2.12 bits per heavy atom. The fraction of sp³-hybridized carbons (Fsp3) is 0.500. The van der Waals surface area contributed by atoms with E-state index in [1.165, 1.54) is 19.2 Å². The first kappa shape index (κ1) is 15.2. The molecule has 2 fully saturated rings. The maximum Gasteiger partial charge on any atom is 0.257 e. The number of amides is 1. The molecule has 126 valence electrons. The SMILES string of the molecule is O=C(c1ccccc1OCC1CC1)N1CCCC1Cn1cncn1. The third-order valence-corrected chi connectivity index (χ3v) is 4.79. The highest BCUT2D eigenvalue weighted by Gasteiger charge is 2.31.